The molecule has 0 spiro atoms. The van der Waals surface area contributed by atoms with Crippen molar-refractivity contribution < 1.29 is 17.9 Å². The Hall–Kier alpha value is -0.660. The predicted molar refractivity (Wildman–Crippen MR) is 59.8 cm³/mol. The van der Waals surface area contributed by atoms with Crippen molar-refractivity contribution in [2.45, 2.75) is 39.2 Å². The van der Waals surface area contributed by atoms with E-state index in [1.165, 1.54) is 11.3 Å². The van der Waals surface area contributed by atoms with Crippen LogP contribution in [0.4, 0.5) is 13.2 Å². The molecule has 0 atom stereocenters. The first kappa shape index (κ1) is 14.4. The Balaban J connectivity index is 2.31. The van der Waals surface area contributed by atoms with Gasteiger partial charge in [0.1, 0.15) is 11.6 Å². The van der Waals surface area contributed by atoms with E-state index in [0.717, 1.165) is 5.69 Å². The lowest BCUT2D eigenvalue weighted by molar-refractivity contribution is -0.176. The fourth-order valence-electron chi connectivity index (χ4n) is 1.06. The molecule has 1 N–H and O–H groups in total. The van der Waals surface area contributed by atoms with E-state index in [4.69, 9.17) is 0 Å². The van der Waals surface area contributed by atoms with Crippen LogP contribution >= 0.6 is 11.3 Å². The monoisotopic (exact) mass is 268 g/mol. The summed E-state index contributed by atoms with van der Waals surface area (Å²) in [5.74, 6) is 0. The van der Waals surface area contributed by atoms with Crippen LogP contribution in [0.1, 0.15) is 24.5 Å². The second kappa shape index (κ2) is 6.32. The van der Waals surface area contributed by atoms with Gasteiger partial charge >= 0.3 is 6.18 Å². The first-order valence-electron chi connectivity index (χ1n) is 5.18. The van der Waals surface area contributed by atoms with E-state index in [1.807, 2.05) is 19.2 Å². The minimum absolute atomic E-state index is 0.0914. The maximum atomic E-state index is 11.8. The van der Waals surface area contributed by atoms with Crippen molar-refractivity contribution in [3.8, 4) is 0 Å². The molecule has 98 valence electrons. The van der Waals surface area contributed by atoms with E-state index >= 15 is 0 Å². The number of alkyl halides is 3. The van der Waals surface area contributed by atoms with Gasteiger partial charge in [0.15, 0.2) is 0 Å². The second-order valence-electron chi connectivity index (χ2n) is 3.88. The fourth-order valence-corrected chi connectivity index (χ4v) is 1.79. The van der Waals surface area contributed by atoms with Crippen molar-refractivity contribution in [1.29, 1.82) is 0 Å². The molecule has 0 fully saturated rings. The first-order chi connectivity index (χ1) is 7.87. The van der Waals surface area contributed by atoms with E-state index in [9.17, 15) is 13.2 Å². The molecule has 0 aliphatic rings. The topological polar surface area (TPSA) is 34.1 Å². The number of hydrogen-bond acceptors (Lipinski definition) is 4. The molecule has 0 bridgehead atoms. The van der Waals surface area contributed by atoms with Crippen LogP contribution in [0.3, 0.4) is 0 Å². The SMILES string of the molecule is CC(C)NCc1csc(COCC(F)(F)F)n1. The average molecular weight is 268 g/mol. The molecule has 1 heterocycles. The quantitative estimate of drug-likeness (QED) is 0.861. The number of ether oxygens (including phenoxy) is 1. The number of nitrogens with one attached hydrogen (secondary N) is 1. The summed E-state index contributed by atoms with van der Waals surface area (Å²) < 4.78 is 40.0. The highest BCUT2D eigenvalue weighted by Crippen LogP contribution is 2.17. The molecule has 0 aliphatic heterocycles. The second-order valence-corrected chi connectivity index (χ2v) is 4.82. The van der Waals surface area contributed by atoms with Crippen LogP contribution in [-0.2, 0) is 17.9 Å². The Bertz CT molecular complexity index is 339. The van der Waals surface area contributed by atoms with Gasteiger partial charge < -0.3 is 10.1 Å². The van der Waals surface area contributed by atoms with Gasteiger partial charge in [-0.1, -0.05) is 13.8 Å². The zero-order valence-electron chi connectivity index (χ0n) is 9.67. The summed E-state index contributed by atoms with van der Waals surface area (Å²) in [6.07, 6.45) is -4.28. The third kappa shape index (κ3) is 6.60. The molecule has 0 unspecified atom stereocenters. The number of rotatable bonds is 6. The Labute approximate surface area is 102 Å². The molecule has 17 heavy (non-hydrogen) atoms. The third-order valence-corrected chi connectivity index (χ3v) is 2.65. The summed E-state index contributed by atoms with van der Waals surface area (Å²) in [7, 11) is 0. The molecular weight excluding hydrogens is 253 g/mol. The highest BCUT2D eigenvalue weighted by molar-refractivity contribution is 7.09. The van der Waals surface area contributed by atoms with Gasteiger partial charge in [0.25, 0.3) is 0 Å². The number of hydrogen-bond donors (Lipinski definition) is 1. The molecule has 0 aliphatic carbocycles. The summed E-state index contributed by atoms with van der Waals surface area (Å²) in [5.41, 5.74) is 0.828. The van der Waals surface area contributed by atoms with Gasteiger partial charge in [0.2, 0.25) is 0 Å². The van der Waals surface area contributed by atoms with Crippen molar-refractivity contribution in [2.75, 3.05) is 6.61 Å². The van der Waals surface area contributed by atoms with Crippen LogP contribution in [0, 0.1) is 0 Å². The van der Waals surface area contributed by atoms with Crippen molar-refractivity contribution in [3.05, 3.63) is 16.1 Å². The predicted octanol–water partition coefficient (Wildman–Crippen LogP) is 2.72. The minimum Gasteiger partial charge on any atom is -0.365 e. The summed E-state index contributed by atoms with van der Waals surface area (Å²) in [5, 5.41) is 5.56. The highest BCUT2D eigenvalue weighted by atomic mass is 32.1. The Morgan fingerprint density at radius 3 is 2.76 bits per heavy atom. The van der Waals surface area contributed by atoms with Gasteiger partial charge in [0.05, 0.1) is 12.3 Å². The number of halogens is 3. The normalized spacial score (nSPS) is 12.4. The standard InChI is InChI=1S/C10H15F3N2OS/c1-7(2)14-3-8-5-17-9(15-8)4-16-6-10(11,12)13/h5,7,14H,3-4,6H2,1-2H3. The molecule has 0 aromatic carbocycles. The van der Waals surface area contributed by atoms with Crippen molar-refractivity contribution in [3.63, 3.8) is 0 Å². The van der Waals surface area contributed by atoms with Crippen LogP contribution in [-0.4, -0.2) is 23.8 Å². The van der Waals surface area contributed by atoms with E-state index in [-0.39, 0.29) is 6.61 Å². The van der Waals surface area contributed by atoms with Gasteiger partial charge in [-0.3, -0.25) is 0 Å². The van der Waals surface area contributed by atoms with Gasteiger partial charge in [-0.05, 0) is 0 Å². The van der Waals surface area contributed by atoms with Gasteiger partial charge in [-0.15, -0.1) is 11.3 Å². The van der Waals surface area contributed by atoms with Crippen LogP contribution in [0.15, 0.2) is 5.38 Å². The molecule has 0 amide bonds. The molecule has 0 saturated heterocycles. The summed E-state index contributed by atoms with van der Waals surface area (Å²) in [6, 6.07) is 0.349. The van der Waals surface area contributed by atoms with Crippen LogP contribution in [0.25, 0.3) is 0 Å². The third-order valence-electron chi connectivity index (χ3n) is 1.78. The summed E-state index contributed by atoms with van der Waals surface area (Å²) >= 11 is 1.31. The molecule has 7 heteroatoms. The summed E-state index contributed by atoms with van der Waals surface area (Å²) in [4.78, 5) is 4.17. The van der Waals surface area contributed by atoms with Gasteiger partial charge in [0, 0.05) is 18.0 Å². The molecule has 1 aromatic heterocycles. The molecule has 1 rings (SSSR count). The molecule has 3 nitrogen and oxygen atoms in total. The van der Waals surface area contributed by atoms with Crippen LogP contribution in [0.2, 0.25) is 0 Å². The molecular formula is C10H15F3N2OS. The first-order valence-corrected chi connectivity index (χ1v) is 6.06. The Kier molecular flexibility index (Phi) is 5.35. The maximum Gasteiger partial charge on any atom is 0.411 e. The number of thiazole rings is 1. The van der Waals surface area contributed by atoms with E-state index in [2.05, 4.69) is 15.0 Å². The Morgan fingerprint density at radius 2 is 2.18 bits per heavy atom. The van der Waals surface area contributed by atoms with Crippen molar-refractivity contribution >= 4 is 11.3 Å². The van der Waals surface area contributed by atoms with Crippen molar-refractivity contribution in [2.24, 2.45) is 0 Å². The van der Waals surface area contributed by atoms with Crippen molar-refractivity contribution in [1.82, 2.24) is 10.3 Å². The lowest BCUT2D eigenvalue weighted by Gasteiger charge is -2.06. The van der Waals surface area contributed by atoms with E-state index in [0.29, 0.717) is 17.6 Å². The van der Waals surface area contributed by atoms with Crippen LogP contribution in [0.5, 0.6) is 0 Å². The van der Waals surface area contributed by atoms with E-state index in [1.54, 1.807) is 0 Å². The van der Waals surface area contributed by atoms with E-state index < -0.39 is 12.8 Å². The fraction of sp³-hybridized carbons (Fsp3) is 0.700. The molecule has 0 radical (unpaired) electrons. The Morgan fingerprint density at radius 1 is 1.47 bits per heavy atom. The summed E-state index contributed by atoms with van der Waals surface area (Å²) in [6.45, 7) is 3.32. The van der Waals surface area contributed by atoms with Gasteiger partial charge in [-0.2, -0.15) is 13.2 Å². The highest BCUT2D eigenvalue weighted by Gasteiger charge is 2.27. The van der Waals surface area contributed by atoms with Crippen LogP contribution < -0.4 is 5.32 Å². The van der Waals surface area contributed by atoms with Gasteiger partial charge in [-0.25, -0.2) is 4.98 Å². The molecule has 0 saturated carbocycles. The zero-order valence-corrected chi connectivity index (χ0v) is 10.5. The average Bonchev–Trinajstić information content (AvgIpc) is 2.61. The lowest BCUT2D eigenvalue weighted by Crippen LogP contribution is -2.22. The maximum absolute atomic E-state index is 11.8. The zero-order chi connectivity index (χ0) is 12.9. The lowest BCUT2D eigenvalue weighted by atomic mass is 10.4. The number of aromatic nitrogens is 1. The minimum atomic E-state index is -4.28. The number of nitrogens with zero attached hydrogens (tertiary/aromatic N) is 1. The largest absolute Gasteiger partial charge is 0.411 e. The smallest absolute Gasteiger partial charge is 0.365 e. The molecule has 1 aromatic rings.